The van der Waals surface area contributed by atoms with Gasteiger partial charge in [-0.25, -0.2) is 4.98 Å². The Hall–Kier alpha value is -1.82. The molecule has 2 aliphatic heterocycles. The summed E-state index contributed by atoms with van der Waals surface area (Å²) < 4.78 is 5.48. The smallest absolute Gasteiger partial charge is 0.193 e. The lowest BCUT2D eigenvalue weighted by Gasteiger charge is -2.42. The maximum absolute atomic E-state index is 5.48. The zero-order chi connectivity index (χ0) is 19.1. The van der Waals surface area contributed by atoms with E-state index >= 15 is 0 Å². The standard InChI is InChI=1S/C21H35N5O/c1-4-8-21(2)9-6-11-26(17-21)20(22-3)24-16-18-7-5-10-23-19(18)25-12-14-27-15-13-25/h5,7,10H,4,6,8-9,11-17H2,1-3H3,(H,22,24). The third kappa shape index (κ3) is 5.12. The third-order valence-corrected chi connectivity index (χ3v) is 5.76. The topological polar surface area (TPSA) is 53.0 Å². The number of hydrogen-bond donors (Lipinski definition) is 1. The van der Waals surface area contributed by atoms with E-state index in [1.165, 1.54) is 31.2 Å². The van der Waals surface area contributed by atoms with Crippen LogP contribution in [0, 0.1) is 5.41 Å². The van der Waals surface area contributed by atoms with Crippen LogP contribution in [-0.4, -0.2) is 62.3 Å². The van der Waals surface area contributed by atoms with Gasteiger partial charge in [0.1, 0.15) is 5.82 Å². The van der Waals surface area contributed by atoms with Crippen molar-refractivity contribution >= 4 is 11.8 Å². The highest BCUT2D eigenvalue weighted by molar-refractivity contribution is 5.80. The van der Waals surface area contributed by atoms with Gasteiger partial charge in [-0.2, -0.15) is 0 Å². The summed E-state index contributed by atoms with van der Waals surface area (Å²) in [5.41, 5.74) is 1.62. The minimum atomic E-state index is 0.401. The predicted octanol–water partition coefficient (Wildman–Crippen LogP) is 2.90. The number of rotatable bonds is 5. The van der Waals surface area contributed by atoms with Crippen LogP contribution in [0.25, 0.3) is 0 Å². The second-order valence-electron chi connectivity index (χ2n) is 8.07. The minimum absolute atomic E-state index is 0.401. The molecule has 1 unspecified atom stereocenters. The molecule has 3 rings (SSSR count). The van der Waals surface area contributed by atoms with Crippen LogP contribution in [0.15, 0.2) is 23.3 Å². The number of hydrogen-bond acceptors (Lipinski definition) is 4. The van der Waals surface area contributed by atoms with Crippen molar-refractivity contribution in [3.05, 3.63) is 23.9 Å². The molecule has 1 aromatic heterocycles. The summed E-state index contributed by atoms with van der Waals surface area (Å²) in [7, 11) is 1.89. The van der Waals surface area contributed by atoms with Crippen molar-refractivity contribution in [2.75, 3.05) is 51.3 Å². The van der Waals surface area contributed by atoms with Crippen LogP contribution in [0.5, 0.6) is 0 Å². The van der Waals surface area contributed by atoms with Crippen molar-refractivity contribution in [1.29, 1.82) is 0 Å². The zero-order valence-corrected chi connectivity index (χ0v) is 17.2. The Morgan fingerprint density at radius 1 is 1.33 bits per heavy atom. The van der Waals surface area contributed by atoms with E-state index in [0.717, 1.165) is 57.7 Å². The number of aliphatic imine (C=N–C) groups is 1. The van der Waals surface area contributed by atoms with Crippen LogP contribution in [-0.2, 0) is 11.3 Å². The van der Waals surface area contributed by atoms with Gasteiger partial charge in [0, 0.05) is 51.5 Å². The number of ether oxygens (including phenoxy) is 1. The fourth-order valence-corrected chi connectivity index (χ4v) is 4.44. The van der Waals surface area contributed by atoms with Gasteiger partial charge in [-0.15, -0.1) is 0 Å². The number of aromatic nitrogens is 1. The number of guanidine groups is 1. The van der Waals surface area contributed by atoms with Crippen LogP contribution in [0.3, 0.4) is 0 Å². The number of anilines is 1. The molecule has 2 fully saturated rings. The molecule has 1 N–H and O–H groups in total. The molecule has 0 aromatic carbocycles. The molecule has 2 aliphatic rings. The predicted molar refractivity (Wildman–Crippen MR) is 111 cm³/mol. The monoisotopic (exact) mass is 373 g/mol. The molecule has 1 atom stereocenters. The summed E-state index contributed by atoms with van der Waals surface area (Å²) >= 11 is 0. The lowest BCUT2D eigenvalue weighted by Crippen LogP contribution is -2.49. The molecule has 2 saturated heterocycles. The van der Waals surface area contributed by atoms with E-state index in [0.29, 0.717) is 5.41 Å². The van der Waals surface area contributed by atoms with Crippen molar-refractivity contribution in [2.24, 2.45) is 10.4 Å². The van der Waals surface area contributed by atoms with E-state index in [2.05, 4.69) is 45.0 Å². The summed E-state index contributed by atoms with van der Waals surface area (Å²) in [4.78, 5) is 14.0. The number of morpholine rings is 1. The summed E-state index contributed by atoms with van der Waals surface area (Å²) in [5.74, 6) is 2.08. The van der Waals surface area contributed by atoms with Crippen molar-refractivity contribution in [1.82, 2.24) is 15.2 Å². The van der Waals surface area contributed by atoms with E-state index in [-0.39, 0.29) is 0 Å². The van der Waals surface area contributed by atoms with E-state index in [4.69, 9.17) is 4.74 Å². The van der Waals surface area contributed by atoms with Gasteiger partial charge in [0.15, 0.2) is 5.96 Å². The Morgan fingerprint density at radius 2 is 2.15 bits per heavy atom. The second kappa shape index (κ2) is 9.40. The largest absolute Gasteiger partial charge is 0.378 e. The Bertz CT molecular complexity index is 625. The van der Waals surface area contributed by atoms with Crippen LogP contribution in [0.2, 0.25) is 0 Å². The maximum Gasteiger partial charge on any atom is 0.193 e. The molecular formula is C21H35N5O. The van der Waals surface area contributed by atoms with Crippen molar-refractivity contribution in [3.8, 4) is 0 Å². The van der Waals surface area contributed by atoms with Gasteiger partial charge in [0.05, 0.1) is 13.2 Å². The van der Waals surface area contributed by atoms with Crippen LogP contribution in [0.1, 0.15) is 45.1 Å². The Morgan fingerprint density at radius 3 is 2.89 bits per heavy atom. The molecule has 1 aromatic rings. The first-order chi connectivity index (χ1) is 13.1. The minimum Gasteiger partial charge on any atom is -0.378 e. The number of nitrogens with zero attached hydrogens (tertiary/aromatic N) is 4. The molecule has 0 aliphatic carbocycles. The highest BCUT2D eigenvalue weighted by Gasteiger charge is 2.31. The highest BCUT2D eigenvalue weighted by Crippen LogP contribution is 2.34. The summed E-state index contributed by atoms with van der Waals surface area (Å²) in [5, 5.41) is 3.59. The van der Waals surface area contributed by atoms with Crippen molar-refractivity contribution < 1.29 is 4.74 Å². The van der Waals surface area contributed by atoms with E-state index in [1.807, 2.05) is 19.3 Å². The summed E-state index contributed by atoms with van der Waals surface area (Å²) in [6, 6.07) is 4.18. The molecule has 0 radical (unpaired) electrons. The van der Waals surface area contributed by atoms with E-state index in [1.54, 1.807) is 0 Å². The molecule has 6 nitrogen and oxygen atoms in total. The zero-order valence-electron chi connectivity index (χ0n) is 17.2. The Labute approximate surface area is 164 Å². The van der Waals surface area contributed by atoms with E-state index < -0.39 is 0 Å². The van der Waals surface area contributed by atoms with Gasteiger partial charge in [0.2, 0.25) is 0 Å². The number of nitrogens with one attached hydrogen (secondary N) is 1. The molecule has 150 valence electrons. The first kappa shape index (κ1) is 19.9. The average Bonchev–Trinajstić information content (AvgIpc) is 2.69. The molecule has 0 bridgehead atoms. The van der Waals surface area contributed by atoms with Crippen molar-refractivity contribution in [2.45, 2.75) is 46.1 Å². The van der Waals surface area contributed by atoms with Crippen LogP contribution >= 0.6 is 0 Å². The molecule has 6 heteroatoms. The number of likely N-dealkylation sites (tertiary alicyclic amines) is 1. The van der Waals surface area contributed by atoms with Gasteiger partial charge in [-0.1, -0.05) is 26.3 Å². The van der Waals surface area contributed by atoms with Gasteiger partial charge >= 0.3 is 0 Å². The van der Waals surface area contributed by atoms with Gasteiger partial charge in [-0.3, -0.25) is 4.99 Å². The maximum atomic E-state index is 5.48. The van der Waals surface area contributed by atoms with Crippen LogP contribution in [0.4, 0.5) is 5.82 Å². The Balaban J connectivity index is 1.65. The first-order valence-electron chi connectivity index (χ1n) is 10.4. The normalized spacial score (nSPS) is 24.2. The molecular weight excluding hydrogens is 338 g/mol. The first-order valence-corrected chi connectivity index (χ1v) is 10.4. The molecule has 0 amide bonds. The lowest BCUT2D eigenvalue weighted by atomic mass is 9.78. The summed E-state index contributed by atoms with van der Waals surface area (Å²) in [6.07, 6.45) is 6.96. The fraction of sp³-hybridized carbons (Fsp3) is 0.714. The number of piperidine rings is 1. The molecule has 0 spiro atoms. The van der Waals surface area contributed by atoms with E-state index in [9.17, 15) is 0 Å². The second-order valence-corrected chi connectivity index (χ2v) is 8.07. The summed E-state index contributed by atoms with van der Waals surface area (Å²) in [6.45, 7) is 11.0. The number of pyridine rings is 1. The Kier molecular flexibility index (Phi) is 6.94. The third-order valence-electron chi connectivity index (χ3n) is 5.76. The van der Waals surface area contributed by atoms with Gasteiger partial charge in [-0.05, 0) is 30.7 Å². The lowest BCUT2D eigenvalue weighted by molar-refractivity contribution is 0.122. The van der Waals surface area contributed by atoms with Gasteiger partial charge < -0.3 is 19.9 Å². The molecule has 27 heavy (non-hydrogen) atoms. The van der Waals surface area contributed by atoms with Gasteiger partial charge in [0.25, 0.3) is 0 Å². The van der Waals surface area contributed by atoms with Crippen LogP contribution < -0.4 is 10.2 Å². The van der Waals surface area contributed by atoms with Crippen molar-refractivity contribution in [3.63, 3.8) is 0 Å². The molecule has 0 saturated carbocycles. The molecule has 3 heterocycles. The fourth-order valence-electron chi connectivity index (χ4n) is 4.44. The highest BCUT2D eigenvalue weighted by atomic mass is 16.5. The quantitative estimate of drug-likeness (QED) is 0.635. The SMILES string of the molecule is CCCC1(C)CCCN(C(=NC)NCc2cccnc2N2CCOCC2)C1. The average molecular weight is 374 g/mol.